The third kappa shape index (κ3) is 5.15. The number of hydrogen-bond acceptors (Lipinski definition) is 5. The van der Waals surface area contributed by atoms with E-state index in [0.29, 0.717) is 17.9 Å². The van der Waals surface area contributed by atoms with Gasteiger partial charge in [0.2, 0.25) is 0 Å². The highest BCUT2D eigenvalue weighted by atomic mass is 16.5. The summed E-state index contributed by atoms with van der Waals surface area (Å²) in [6.07, 6.45) is 0. The third-order valence-corrected chi connectivity index (χ3v) is 2.45. The predicted molar refractivity (Wildman–Crippen MR) is 73.9 cm³/mol. The normalized spacial score (nSPS) is 12.8. The highest BCUT2D eigenvalue weighted by Gasteiger charge is 2.08. The Hall–Kier alpha value is -2.28. The fourth-order valence-electron chi connectivity index (χ4n) is 1.54. The summed E-state index contributed by atoms with van der Waals surface area (Å²) in [4.78, 5) is 11.6. The van der Waals surface area contributed by atoms with E-state index in [1.807, 2.05) is 6.92 Å². The molecule has 0 bridgehead atoms. The lowest BCUT2D eigenvalue weighted by molar-refractivity contribution is -0.124. The smallest absolute Gasteiger partial charge is 0.258 e. The molecule has 1 aromatic carbocycles. The minimum atomic E-state index is -0.227. The maximum absolute atomic E-state index is 11.6. The van der Waals surface area contributed by atoms with Crippen LogP contribution in [0.2, 0.25) is 0 Å². The van der Waals surface area contributed by atoms with Gasteiger partial charge in [0.05, 0.1) is 6.61 Å². The van der Waals surface area contributed by atoms with Gasteiger partial charge >= 0.3 is 0 Å². The Labute approximate surface area is 117 Å². The van der Waals surface area contributed by atoms with Gasteiger partial charge in [-0.3, -0.25) is 4.79 Å². The lowest BCUT2D eigenvalue weighted by atomic mass is 10.2. The first kappa shape index (κ1) is 15.8. The molecule has 20 heavy (non-hydrogen) atoms. The van der Waals surface area contributed by atoms with E-state index in [1.54, 1.807) is 31.4 Å². The highest BCUT2D eigenvalue weighted by molar-refractivity contribution is 5.97. The minimum absolute atomic E-state index is 0.0164. The summed E-state index contributed by atoms with van der Waals surface area (Å²) >= 11 is 0. The topological polar surface area (TPSA) is 106 Å². The maximum Gasteiger partial charge on any atom is 0.258 e. The molecule has 1 aromatic rings. The predicted octanol–water partition coefficient (Wildman–Crippen LogP) is 0.311. The van der Waals surface area contributed by atoms with Crippen LogP contribution < -0.4 is 15.8 Å². The van der Waals surface area contributed by atoms with Crippen LogP contribution in [-0.2, 0) is 9.53 Å². The van der Waals surface area contributed by atoms with Crippen LogP contribution in [0.15, 0.2) is 29.4 Å². The van der Waals surface area contributed by atoms with Crippen LogP contribution in [0.25, 0.3) is 0 Å². The molecule has 7 nitrogen and oxygen atoms in total. The molecule has 0 aliphatic carbocycles. The van der Waals surface area contributed by atoms with Crippen LogP contribution in [0.1, 0.15) is 12.5 Å². The Kier molecular flexibility index (Phi) is 6.31. The van der Waals surface area contributed by atoms with Crippen molar-refractivity contribution in [2.75, 3.05) is 20.3 Å². The van der Waals surface area contributed by atoms with Gasteiger partial charge < -0.3 is 25.7 Å². The molecular formula is C13H19N3O4. The SMILES string of the molecule is COCC(C)NC(=O)COc1ccc(/C(N)=N/O)cc1. The van der Waals surface area contributed by atoms with Crippen LogP contribution >= 0.6 is 0 Å². The quantitative estimate of drug-likeness (QED) is 0.289. The third-order valence-electron chi connectivity index (χ3n) is 2.45. The zero-order valence-electron chi connectivity index (χ0n) is 11.5. The highest BCUT2D eigenvalue weighted by Crippen LogP contribution is 2.11. The Bertz CT molecular complexity index is 459. The lowest BCUT2D eigenvalue weighted by Gasteiger charge is -2.13. The zero-order valence-corrected chi connectivity index (χ0v) is 11.5. The number of nitrogens with two attached hydrogens (primary N) is 1. The molecule has 0 radical (unpaired) electrons. The zero-order chi connectivity index (χ0) is 15.0. The van der Waals surface area contributed by atoms with Gasteiger partial charge in [-0.15, -0.1) is 0 Å². The molecular weight excluding hydrogens is 262 g/mol. The summed E-state index contributed by atoms with van der Waals surface area (Å²) < 4.78 is 10.2. The number of benzene rings is 1. The summed E-state index contributed by atoms with van der Waals surface area (Å²) in [7, 11) is 1.57. The number of hydrogen-bond donors (Lipinski definition) is 3. The second-order valence-corrected chi connectivity index (χ2v) is 4.22. The number of methoxy groups -OCH3 is 1. The molecule has 0 spiro atoms. The Morgan fingerprint density at radius 1 is 1.45 bits per heavy atom. The van der Waals surface area contributed by atoms with Crippen molar-refractivity contribution < 1.29 is 19.5 Å². The second kappa shape index (κ2) is 8.00. The number of ether oxygens (including phenoxy) is 2. The molecule has 0 aromatic heterocycles. The monoisotopic (exact) mass is 281 g/mol. The van der Waals surface area contributed by atoms with E-state index in [2.05, 4.69) is 10.5 Å². The number of amidine groups is 1. The summed E-state index contributed by atoms with van der Waals surface area (Å²) in [5.74, 6) is 0.312. The first-order valence-electron chi connectivity index (χ1n) is 6.06. The minimum Gasteiger partial charge on any atom is -0.484 e. The maximum atomic E-state index is 11.6. The van der Waals surface area contributed by atoms with Gasteiger partial charge in [-0.2, -0.15) is 0 Å². The summed E-state index contributed by atoms with van der Waals surface area (Å²) in [6.45, 7) is 2.20. The lowest BCUT2D eigenvalue weighted by Crippen LogP contribution is -2.38. The number of amides is 1. The van der Waals surface area contributed by atoms with Crippen molar-refractivity contribution >= 4 is 11.7 Å². The van der Waals surface area contributed by atoms with E-state index in [9.17, 15) is 4.79 Å². The van der Waals surface area contributed by atoms with Crippen LogP contribution in [0.5, 0.6) is 5.75 Å². The number of rotatable bonds is 7. The first-order valence-corrected chi connectivity index (χ1v) is 6.06. The number of nitrogens with zero attached hydrogens (tertiary/aromatic N) is 1. The van der Waals surface area contributed by atoms with Gasteiger partial charge in [0, 0.05) is 18.7 Å². The van der Waals surface area contributed by atoms with E-state index in [4.69, 9.17) is 20.4 Å². The van der Waals surface area contributed by atoms with Gasteiger partial charge in [-0.25, -0.2) is 0 Å². The Balaban J connectivity index is 2.44. The molecule has 0 fully saturated rings. The number of carbonyl (C=O) groups excluding carboxylic acids is 1. The van der Waals surface area contributed by atoms with Gasteiger partial charge in [0.1, 0.15) is 5.75 Å². The molecule has 110 valence electrons. The van der Waals surface area contributed by atoms with Crippen molar-refractivity contribution in [3.63, 3.8) is 0 Å². The summed E-state index contributed by atoms with van der Waals surface area (Å²) in [5, 5.41) is 14.1. The molecule has 0 heterocycles. The van der Waals surface area contributed by atoms with Gasteiger partial charge in [-0.05, 0) is 31.2 Å². The molecule has 1 amide bonds. The molecule has 0 aliphatic heterocycles. The molecule has 1 atom stereocenters. The van der Waals surface area contributed by atoms with Gasteiger partial charge in [0.25, 0.3) is 5.91 Å². The van der Waals surface area contributed by atoms with E-state index in [0.717, 1.165) is 0 Å². The molecule has 1 unspecified atom stereocenters. The van der Waals surface area contributed by atoms with Crippen molar-refractivity contribution in [2.24, 2.45) is 10.9 Å². The van der Waals surface area contributed by atoms with Gasteiger partial charge in [-0.1, -0.05) is 5.16 Å². The van der Waals surface area contributed by atoms with Crippen LogP contribution in [-0.4, -0.2) is 43.3 Å². The van der Waals surface area contributed by atoms with E-state index >= 15 is 0 Å². The van der Waals surface area contributed by atoms with Crippen molar-refractivity contribution in [3.05, 3.63) is 29.8 Å². The fraction of sp³-hybridized carbons (Fsp3) is 0.385. The summed E-state index contributed by atoms with van der Waals surface area (Å²) in [5.41, 5.74) is 6.00. The molecule has 4 N–H and O–H groups in total. The Morgan fingerprint density at radius 3 is 2.65 bits per heavy atom. The number of carbonyl (C=O) groups is 1. The molecule has 0 saturated heterocycles. The van der Waals surface area contributed by atoms with Crippen LogP contribution in [0.3, 0.4) is 0 Å². The molecule has 0 aliphatic rings. The average molecular weight is 281 g/mol. The van der Waals surface area contributed by atoms with Crippen LogP contribution in [0, 0.1) is 0 Å². The Morgan fingerprint density at radius 2 is 2.10 bits per heavy atom. The van der Waals surface area contributed by atoms with Crippen molar-refractivity contribution in [1.82, 2.24) is 5.32 Å². The molecule has 7 heteroatoms. The van der Waals surface area contributed by atoms with Crippen molar-refractivity contribution in [2.45, 2.75) is 13.0 Å². The average Bonchev–Trinajstić information content (AvgIpc) is 2.45. The summed E-state index contributed by atoms with van der Waals surface area (Å²) in [6, 6.07) is 6.48. The van der Waals surface area contributed by atoms with Gasteiger partial charge in [0.15, 0.2) is 12.4 Å². The standard InChI is InChI=1S/C13H19N3O4/c1-9(7-19-2)15-12(17)8-20-11-5-3-10(4-6-11)13(14)16-18/h3-6,9,18H,7-8H2,1-2H3,(H2,14,16)(H,15,17). The fourth-order valence-corrected chi connectivity index (χ4v) is 1.54. The van der Waals surface area contributed by atoms with Crippen LogP contribution in [0.4, 0.5) is 0 Å². The van der Waals surface area contributed by atoms with E-state index < -0.39 is 0 Å². The van der Waals surface area contributed by atoms with Crippen molar-refractivity contribution in [3.8, 4) is 5.75 Å². The number of oxime groups is 1. The second-order valence-electron chi connectivity index (χ2n) is 4.22. The number of nitrogens with one attached hydrogen (secondary N) is 1. The van der Waals surface area contributed by atoms with E-state index in [1.165, 1.54) is 0 Å². The largest absolute Gasteiger partial charge is 0.484 e. The molecule has 1 rings (SSSR count). The first-order chi connectivity index (χ1) is 9.56. The van der Waals surface area contributed by atoms with E-state index in [-0.39, 0.29) is 24.4 Å². The molecule has 0 saturated carbocycles. The van der Waals surface area contributed by atoms with Crippen molar-refractivity contribution in [1.29, 1.82) is 0 Å².